The Morgan fingerprint density at radius 2 is 0.536 bits per heavy atom. The van der Waals surface area contributed by atoms with Crippen LogP contribution in [0.4, 0.5) is 0 Å². The maximum atomic E-state index is 9.96. The summed E-state index contributed by atoms with van der Waals surface area (Å²) in [7, 11) is 0. The molecule has 182 valence electrons. The van der Waals surface area contributed by atoms with Gasteiger partial charge in [0.1, 0.15) is 0 Å². The summed E-state index contributed by atoms with van der Waals surface area (Å²) >= 11 is 0. The van der Waals surface area contributed by atoms with Gasteiger partial charge in [0.2, 0.25) is 0 Å². The van der Waals surface area contributed by atoms with Gasteiger partial charge in [-0.3, -0.25) is 0 Å². The molecule has 0 aliphatic rings. The molecule has 2 radical (unpaired) electrons. The van der Waals surface area contributed by atoms with Gasteiger partial charge < -0.3 is 15.3 Å². The van der Waals surface area contributed by atoms with Crippen molar-refractivity contribution in [2.24, 2.45) is 0 Å². The summed E-state index contributed by atoms with van der Waals surface area (Å²) in [6, 6.07) is 0. The van der Waals surface area contributed by atoms with Gasteiger partial charge in [0.05, 0.1) is 0 Å². The molecular weight excluding hydrogens is 458 g/mol. The molecule has 28 heavy (non-hydrogen) atoms. The van der Waals surface area contributed by atoms with E-state index in [0.29, 0.717) is 0 Å². The Morgan fingerprint density at radius 1 is 0.357 bits per heavy atom. The summed E-state index contributed by atoms with van der Waals surface area (Å²) in [5.41, 5.74) is 0. The average molecular weight is 522 g/mol. The fourth-order valence-corrected chi connectivity index (χ4v) is 2.65. The Bertz CT molecular complexity index is 176. The molecular formula is C24H63O3Sb. The van der Waals surface area contributed by atoms with Crippen LogP contribution in [-0.4, -0.2) is 44.2 Å². The maximum Gasteiger partial charge on any atom is 3.00 e. The van der Waals surface area contributed by atoms with Crippen LogP contribution < -0.4 is 15.3 Å². The fourth-order valence-electron chi connectivity index (χ4n) is 2.65. The summed E-state index contributed by atoms with van der Waals surface area (Å²) in [6.45, 7) is 6.96. The predicted molar refractivity (Wildman–Crippen MR) is 133 cm³/mol. The summed E-state index contributed by atoms with van der Waals surface area (Å²) in [5.74, 6) is 0. The number of hydrogen-bond donors (Lipinski definition) is 0. The van der Waals surface area contributed by atoms with Crippen LogP contribution >= 0.6 is 0 Å². The van der Waals surface area contributed by atoms with Crippen LogP contribution in [0.2, 0.25) is 0 Å². The van der Waals surface area contributed by atoms with Gasteiger partial charge in [0, 0.05) is 8.56 Å². The number of rotatable bonds is 18. The van der Waals surface area contributed by atoms with E-state index in [9.17, 15) is 15.3 Å². The molecule has 0 amide bonds. The van der Waals surface area contributed by atoms with E-state index < -0.39 is 0 Å². The summed E-state index contributed by atoms with van der Waals surface area (Å²) in [4.78, 5) is 0. The second-order valence-corrected chi connectivity index (χ2v) is 7.42. The second kappa shape index (κ2) is 41.9. The van der Waals surface area contributed by atoms with E-state index >= 15 is 0 Å². The molecule has 0 aromatic heterocycles. The molecule has 0 heterocycles. The first-order chi connectivity index (χ1) is 13.2. The molecule has 0 atom stereocenters. The van der Waals surface area contributed by atoms with Crippen molar-refractivity contribution in [3.8, 4) is 0 Å². The van der Waals surface area contributed by atoms with E-state index in [1.165, 1.54) is 77.0 Å². The molecule has 0 saturated carbocycles. The topological polar surface area (TPSA) is 69.2 Å². The Morgan fingerprint density at radius 3 is 0.714 bits per heavy atom. The van der Waals surface area contributed by atoms with Gasteiger partial charge in [-0.2, -0.15) is 0 Å². The van der Waals surface area contributed by atoms with Gasteiger partial charge in [-0.05, 0) is 0 Å². The van der Waals surface area contributed by atoms with E-state index in [1.807, 2.05) is 0 Å². The van der Waals surface area contributed by atoms with Crippen molar-refractivity contribution in [1.29, 1.82) is 0 Å². The summed E-state index contributed by atoms with van der Waals surface area (Å²) in [6.07, 6.45) is 21.7. The SMILES string of the molecule is CCCCCCCC[O-].CCCCCCCC[O-].CCCCCCCC[O-].[HH].[HH].[HH].[HH].[HH].[HH].[Sb+3]. The van der Waals surface area contributed by atoms with Crippen molar-refractivity contribution in [3.63, 3.8) is 0 Å². The molecule has 0 rings (SSSR count). The molecule has 0 aromatic carbocycles. The van der Waals surface area contributed by atoms with E-state index in [1.54, 1.807) is 0 Å². The van der Waals surface area contributed by atoms with Crippen molar-refractivity contribution in [1.82, 2.24) is 0 Å². The first-order valence-corrected chi connectivity index (χ1v) is 12.0. The maximum absolute atomic E-state index is 9.96. The molecule has 4 heteroatoms. The van der Waals surface area contributed by atoms with Gasteiger partial charge in [-0.1, -0.05) is 136 Å². The van der Waals surface area contributed by atoms with E-state index in [2.05, 4.69) is 20.8 Å². The molecule has 0 spiro atoms. The smallest absolute Gasteiger partial charge is 0.854 e. The van der Waals surface area contributed by atoms with Crippen LogP contribution in [0.1, 0.15) is 145 Å². The van der Waals surface area contributed by atoms with Crippen molar-refractivity contribution in [3.05, 3.63) is 0 Å². The largest absolute Gasteiger partial charge is 3.00 e. The predicted octanol–water partition coefficient (Wildman–Crippen LogP) is 6.22. The standard InChI is InChI=1S/3C8H17O.Sb.6H2/c3*1-2-3-4-5-6-7-8-9;;;;;;;/h3*2-8H2,1H3;;6*1H/q3*-1;+3;;;;;;. The Hall–Kier alpha value is 0.698. The second-order valence-electron chi connectivity index (χ2n) is 7.42. The van der Waals surface area contributed by atoms with Crippen molar-refractivity contribution in [2.45, 2.75) is 136 Å². The monoisotopic (exact) mass is 520 g/mol. The third kappa shape index (κ3) is 50.4. The minimum absolute atomic E-state index is 0. The van der Waals surface area contributed by atoms with Crippen molar-refractivity contribution in [2.75, 3.05) is 19.8 Å². The fraction of sp³-hybridized carbons (Fsp3) is 1.00. The van der Waals surface area contributed by atoms with Crippen LogP contribution in [0, 0.1) is 0 Å². The average Bonchev–Trinajstić information content (AvgIpc) is 2.69. The zero-order valence-corrected chi connectivity index (χ0v) is 22.1. The van der Waals surface area contributed by atoms with Crippen LogP contribution in [0.5, 0.6) is 0 Å². The normalized spacial score (nSPS) is 9.64. The van der Waals surface area contributed by atoms with Crippen LogP contribution in [-0.2, 0) is 0 Å². The van der Waals surface area contributed by atoms with Gasteiger partial charge in [-0.25, -0.2) is 0 Å². The number of unbranched alkanes of at least 4 members (excludes halogenated alkanes) is 15. The van der Waals surface area contributed by atoms with E-state index in [-0.39, 0.29) is 52.8 Å². The van der Waals surface area contributed by atoms with Gasteiger partial charge in [0.25, 0.3) is 0 Å². The molecule has 0 aliphatic carbocycles. The molecule has 0 aliphatic heterocycles. The van der Waals surface area contributed by atoms with Crippen LogP contribution in [0.25, 0.3) is 0 Å². The molecule has 0 saturated heterocycles. The van der Waals surface area contributed by atoms with Gasteiger partial charge in [0.15, 0.2) is 0 Å². The van der Waals surface area contributed by atoms with Crippen LogP contribution in [0.3, 0.4) is 0 Å². The van der Waals surface area contributed by atoms with Crippen molar-refractivity contribution < 1.29 is 23.9 Å². The van der Waals surface area contributed by atoms with Gasteiger partial charge >= 0.3 is 24.4 Å². The minimum atomic E-state index is 0. The molecule has 0 aromatic rings. The number of hydrogen-bond acceptors (Lipinski definition) is 3. The van der Waals surface area contributed by atoms with E-state index in [0.717, 1.165) is 38.5 Å². The zero-order valence-electron chi connectivity index (χ0n) is 19.5. The molecule has 0 bridgehead atoms. The zero-order chi connectivity index (χ0) is 20.8. The summed E-state index contributed by atoms with van der Waals surface area (Å²) < 4.78 is 0. The van der Waals surface area contributed by atoms with Crippen LogP contribution in [0.15, 0.2) is 0 Å². The molecule has 0 unspecified atom stereocenters. The third-order valence-corrected chi connectivity index (χ3v) is 4.49. The Balaban J connectivity index is -0.0000000288. The minimum Gasteiger partial charge on any atom is -0.854 e. The Kier molecular flexibility index (Phi) is 54.1. The molecule has 0 fully saturated rings. The Labute approximate surface area is 204 Å². The first kappa shape index (κ1) is 36.1. The van der Waals surface area contributed by atoms with Gasteiger partial charge in [-0.15, -0.1) is 19.8 Å². The molecule has 3 nitrogen and oxygen atoms in total. The van der Waals surface area contributed by atoms with E-state index in [4.69, 9.17) is 0 Å². The van der Waals surface area contributed by atoms with Crippen molar-refractivity contribution >= 4 is 24.4 Å². The summed E-state index contributed by atoms with van der Waals surface area (Å²) in [5, 5.41) is 29.9. The first-order valence-electron chi connectivity index (χ1n) is 12.0. The third-order valence-electron chi connectivity index (χ3n) is 4.49. The molecule has 0 N–H and O–H groups in total. The quantitative estimate of drug-likeness (QED) is 0.159.